The molecule has 5 aromatic rings. The van der Waals surface area contributed by atoms with Gasteiger partial charge in [0.1, 0.15) is 0 Å². The van der Waals surface area contributed by atoms with Crippen LogP contribution >= 0.6 is 11.3 Å². The molecule has 0 saturated heterocycles. The van der Waals surface area contributed by atoms with Crippen molar-refractivity contribution in [2.45, 2.75) is 41.5 Å². The smallest absolute Gasteiger partial charge is 0.161 e. The lowest BCUT2D eigenvalue weighted by atomic mass is 9.86. The molecule has 1 aromatic heterocycles. The van der Waals surface area contributed by atoms with Gasteiger partial charge in [0.25, 0.3) is 0 Å². The summed E-state index contributed by atoms with van der Waals surface area (Å²) in [5, 5.41) is 7.30. The van der Waals surface area contributed by atoms with E-state index >= 15 is 0 Å². The van der Waals surface area contributed by atoms with Crippen molar-refractivity contribution < 1.29 is 9.47 Å². The lowest BCUT2D eigenvalue weighted by Gasteiger charge is -2.20. The highest BCUT2D eigenvalue weighted by molar-refractivity contribution is 7.13. The van der Waals surface area contributed by atoms with Crippen molar-refractivity contribution in [2.75, 3.05) is 13.2 Å². The predicted octanol–water partition coefficient (Wildman–Crippen LogP) is 10.1. The van der Waals surface area contributed by atoms with Crippen LogP contribution in [0.3, 0.4) is 0 Å². The van der Waals surface area contributed by atoms with E-state index in [1.807, 2.05) is 0 Å². The van der Waals surface area contributed by atoms with Gasteiger partial charge in [0.15, 0.2) is 11.5 Å². The average Bonchev–Trinajstić information content (AvgIpc) is 3.40. The zero-order chi connectivity index (χ0) is 26.1. The Morgan fingerprint density at radius 1 is 0.622 bits per heavy atom. The van der Waals surface area contributed by atoms with E-state index in [9.17, 15) is 0 Å². The molecule has 190 valence electrons. The number of aryl methyl sites for hydroxylation is 2. The fraction of sp³-hybridized carbons (Fsp3) is 0.294. The lowest BCUT2D eigenvalue weighted by molar-refractivity contribution is 0.229. The molecular weight excluding hydrogens is 472 g/mol. The van der Waals surface area contributed by atoms with Gasteiger partial charge in [0.2, 0.25) is 0 Å². The van der Waals surface area contributed by atoms with Crippen molar-refractivity contribution in [1.82, 2.24) is 0 Å². The van der Waals surface area contributed by atoms with Gasteiger partial charge in [-0.25, -0.2) is 0 Å². The molecular formula is C34H36O2S. The molecule has 4 aromatic carbocycles. The molecule has 2 nitrogen and oxygen atoms in total. The summed E-state index contributed by atoms with van der Waals surface area (Å²) in [5.74, 6) is 2.50. The van der Waals surface area contributed by atoms with Crippen LogP contribution in [-0.4, -0.2) is 13.2 Å². The fourth-order valence-corrected chi connectivity index (χ4v) is 5.64. The van der Waals surface area contributed by atoms with Gasteiger partial charge in [-0.2, -0.15) is 0 Å². The van der Waals surface area contributed by atoms with Crippen LogP contribution < -0.4 is 9.47 Å². The molecule has 0 atom stereocenters. The van der Waals surface area contributed by atoms with Gasteiger partial charge in [-0.1, -0.05) is 87.4 Å². The van der Waals surface area contributed by atoms with Crippen molar-refractivity contribution in [2.24, 2.45) is 11.8 Å². The van der Waals surface area contributed by atoms with Gasteiger partial charge in [-0.3, -0.25) is 0 Å². The molecule has 0 aliphatic carbocycles. The number of fused-ring (bicyclic) bond motifs is 3. The number of thiophene rings is 1. The molecule has 0 saturated carbocycles. The largest absolute Gasteiger partial charge is 0.489 e. The molecule has 0 N–H and O–H groups in total. The minimum absolute atomic E-state index is 0.426. The number of benzene rings is 4. The monoisotopic (exact) mass is 508 g/mol. The third-order valence-corrected chi connectivity index (χ3v) is 7.46. The normalized spacial score (nSPS) is 11.7. The van der Waals surface area contributed by atoms with Crippen LogP contribution in [0, 0.1) is 25.7 Å². The topological polar surface area (TPSA) is 18.5 Å². The van der Waals surface area contributed by atoms with E-state index in [0.717, 1.165) is 17.1 Å². The molecule has 0 bridgehead atoms. The quantitative estimate of drug-likeness (QED) is 0.194. The van der Waals surface area contributed by atoms with Crippen LogP contribution in [0.15, 0.2) is 72.1 Å². The van der Waals surface area contributed by atoms with E-state index in [0.29, 0.717) is 25.0 Å². The SMILES string of the molecule is Cc1ccc2c(c1)c(-c1ccc(OCC(C)C)c(OCC(C)C)c1)c(-c1cccs1)c1cc(C)ccc12. The highest BCUT2D eigenvalue weighted by atomic mass is 32.1. The Labute approximate surface area is 224 Å². The average molecular weight is 509 g/mol. The number of hydrogen-bond acceptors (Lipinski definition) is 3. The predicted molar refractivity (Wildman–Crippen MR) is 160 cm³/mol. The maximum Gasteiger partial charge on any atom is 0.161 e. The Morgan fingerprint density at radius 3 is 1.78 bits per heavy atom. The minimum Gasteiger partial charge on any atom is -0.489 e. The second-order valence-corrected chi connectivity index (χ2v) is 11.8. The molecule has 0 amide bonds. The van der Waals surface area contributed by atoms with E-state index in [1.54, 1.807) is 11.3 Å². The summed E-state index contributed by atoms with van der Waals surface area (Å²) in [4.78, 5) is 1.28. The van der Waals surface area contributed by atoms with Crippen molar-refractivity contribution in [3.05, 3.63) is 83.2 Å². The van der Waals surface area contributed by atoms with Crippen molar-refractivity contribution >= 4 is 32.9 Å². The van der Waals surface area contributed by atoms with Crippen LogP contribution in [0.25, 0.3) is 43.1 Å². The van der Waals surface area contributed by atoms with Crippen molar-refractivity contribution in [3.63, 3.8) is 0 Å². The van der Waals surface area contributed by atoms with Gasteiger partial charge in [-0.05, 0) is 81.9 Å². The molecule has 0 spiro atoms. The molecule has 3 heteroatoms. The maximum absolute atomic E-state index is 6.34. The minimum atomic E-state index is 0.426. The van der Waals surface area contributed by atoms with Gasteiger partial charge < -0.3 is 9.47 Å². The number of hydrogen-bond donors (Lipinski definition) is 0. The second-order valence-electron chi connectivity index (χ2n) is 10.9. The van der Waals surface area contributed by atoms with Crippen LogP contribution in [0.4, 0.5) is 0 Å². The third kappa shape index (κ3) is 5.24. The Balaban J connectivity index is 1.83. The van der Waals surface area contributed by atoms with Crippen LogP contribution in [0.5, 0.6) is 11.5 Å². The fourth-order valence-electron chi connectivity index (χ4n) is 4.85. The van der Waals surface area contributed by atoms with Gasteiger partial charge >= 0.3 is 0 Å². The molecule has 37 heavy (non-hydrogen) atoms. The standard InChI is InChI=1S/C34H36O2S/c1-21(2)19-35-30-14-11-25(18-31(30)36-20-22(3)4)33-28-16-23(5)9-12-26(28)27-13-10-24(6)17-29(27)34(33)32-8-7-15-37-32/h7-18,21-22H,19-20H2,1-6H3. The van der Waals surface area contributed by atoms with Crippen LogP contribution in [0.2, 0.25) is 0 Å². The molecule has 0 unspecified atom stereocenters. The van der Waals surface area contributed by atoms with Crippen molar-refractivity contribution in [1.29, 1.82) is 0 Å². The zero-order valence-electron chi connectivity index (χ0n) is 22.7. The highest BCUT2D eigenvalue weighted by Crippen LogP contribution is 2.47. The summed E-state index contributed by atoms with van der Waals surface area (Å²) >= 11 is 1.80. The molecule has 0 aliphatic rings. The Morgan fingerprint density at radius 2 is 1.22 bits per heavy atom. The summed E-state index contributed by atoms with van der Waals surface area (Å²) in [6, 6.07) is 24.5. The number of ether oxygens (including phenoxy) is 2. The first-order valence-corrected chi connectivity index (χ1v) is 14.1. The second kappa shape index (κ2) is 10.6. The zero-order valence-corrected chi connectivity index (χ0v) is 23.5. The van der Waals surface area contributed by atoms with Crippen molar-refractivity contribution in [3.8, 4) is 33.1 Å². The molecule has 0 fully saturated rings. The van der Waals surface area contributed by atoms with Gasteiger partial charge in [0.05, 0.1) is 13.2 Å². The molecule has 0 aliphatic heterocycles. The summed E-state index contributed by atoms with van der Waals surface area (Å²) in [6.45, 7) is 14.3. The first-order chi connectivity index (χ1) is 17.8. The van der Waals surface area contributed by atoms with E-state index in [-0.39, 0.29) is 0 Å². The molecule has 1 heterocycles. The Hall–Kier alpha value is -3.30. The van der Waals surface area contributed by atoms with Gasteiger partial charge in [-0.15, -0.1) is 11.3 Å². The molecule has 5 rings (SSSR count). The van der Waals surface area contributed by atoms with E-state index in [2.05, 4.69) is 114 Å². The van der Waals surface area contributed by atoms with E-state index in [4.69, 9.17) is 9.47 Å². The molecule has 0 radical (unpaired) electrons. The van der Waals surface area contributed by atoms with E-state index in [1.165, 1.54) is 48.7 Å². The summed E-state index contributed by atoms with van der Waals surface area (Å²) < 4.78 is 12.5. The third-order valence-electron chi connectivity index (χ3n) is 6.57. The lowest BCUT2D eigenvalue weighted by Crippen LogP contribution is -2.09. The highest BCUT2D eigenvalue weighted by Gasteiger charge is 2.20. The van der Waals surface area contributed by atoms with Crippen LogP contribution in [0.1, 0.15) is 38.8 Å². The number of rotatable bonds is 8. The van der Waals surface area contributed by atoms with E-state index < -0.39 is 0 Å². The maximum atomic E-state index is 6.34. The van der Waals surface area contributed by atoms with Crippen LogP contribution in [-0.2, 0) is 0 Å². The summed E-state index contributed by atoms with van der Waals surface area (Å²) in [7, 11) is 0. The Kier molecular flexibility index (Phi) is 7.26. The summed E-state index contributed by atoms with van der Waals surface area (Å²) in [5.41, 5.74) is 6.21. The first-order valence-electron chi connectivity index (χ1n) is 13.2. The first kappa shape index (κ1) is 25.4. The Bertz CT molecular complexity index is 1540. The summed E-state index contributed by atoms with van der Waals surface area (Å²) in [6.07, 6.45) is 0. The van der Waals surface area contributed by atoms with Gasteiger partial charge in [0, 0.05) is 10.4 Å².